The van der Waals surface area contributed by atoms with E-state index < -0.39 is 10.0 Å². The highest BCUT2D eigenvalue weighted by atomic mass is 32.2. The maximum absolute atomic E-state index is 12.0. The summed E-state index contributed by atoms with van der Waals surface area (Å²) in [5.41, 5.74) is 1.85. The second-order valence-corrected chi connectivity index (χ2v) is 6.16. The fourth-order valence-electron chi connectivity index (χ4n) is 1.57. The zero-order chi connectivity index (χ0) is 15.9. The van der Waals surface area contributed by atoms with Gasteiger partial charge in [0.15, 0.2) is 0 Å². The van der Waals surface area contributed by atoms with E-state index in [0.29, 0.717) is 17.5 Å². The highest BCUT2D eigenvalue weighted by Crippen LogP contribution is 2.10. The van der Waals surface area contributed by atoms with E-state index in [-0.39, 0.29) is 24.8 Å². The Hall–Kier alpha value is -1.88. The second kappa shape index (κ2) is 7.78. The molecule has 0 unspecified atom stereocenters. The number of aliphatic hydroxyl groups excluding tert-OH is 1. The Morgan fingerprint density at radius 2 is 2.14 bits per heavy atom. The molecule has 1 aromatic rings. The Kier molecular flexibility index (Phi) is 6.37. The number of hydrogen-bond donors (Lipinski definition) is 3. The summed E-state index contributed by atoms with van der Waals surface area (Å²) in [5.74, 6) is 4.93. The Morgan fingerprint density at radius 1 is 1.43 bits per heavy atom. The van der Waals surface area contributed by atoms with Gasteiger partial charge in [0, 0.05) is 24.1 Å². The van der Waals surface area contributed by atoms with E-state index >= 15 is 0 Å². The highest BCUT2D eigenvalue weighted by Gasteiger charge is 2.10. The van der Waals surface area contributed by atoms with E-state index in [2.05, 4.69) is 17.2 Å². The predicted octanol–water partition coefficient (Wildman–Crippen LogP) is -0.253. The standard InChI is InChI=1S/C14H18N2O4S/c1-11-5-6-12(4-2-3-8-17)10-13(11)14(18)16-7-9-21(15,19)20/h5-6,10,17H,3,7-9H2,1H3,(H,16,18)(H2,15,19,20). The Labute approximate surface area is 124 Å². The van der Waals surface area contributed by atoms with Gasteiger partial charge in [0.05, 0.1) is 12.4 Å². The average molecular weight is 310 g/mol. The Bertz CT molecular complexity index is 672. The van der Waals surface area contributed by atoms with Crippen molar-refractivity contribution in [2.45, 2.75) is 13.3 Å². The third-order valence-corrected chi connectivity index (χ3v) is 3.40. The summed E-state index contributed by atoms with van der Waals surface area (Å²) in [6.45, 7) is 1.72. The van der Waals surface area contributed by atoms with Gasteiger partial charge in [0.1, 0.15) is 0 Å². The molecule has 0 atom stereocenters. The zero-order valence-corrected chi connectivity index (χ0v) is 12.5. The molecule has 1 aromatic carbocycles. The van der Waals surface area contributed by atoms with Crippen LogP contribution in [0.25, 0.3) is 0 Å². The number of aryl methyl sites for hydroxylation is 1. The van der Waals surface area contributed by atoms with Crippen molar-refractivity contribution in [3.63, 3.8) is 0 Å². The van der Waals surface area contributed by atoms with Gasteiger partial charge in [-0.15, -0.1) is 0 Å². The van der Waals surface area contributed by atoms with Gasteiger partial charge in [0.25, 0.3) is 5.91 Å². The molecule has 0 radical (unpaired) electrons. The molecule has 1 amide bonds. The molecule has 6 nitrogen and oxygen atoms in total. The molecule has 0 saturated heterocycles. The molecule has 21 heavy (non-hydrogen) atoms. The number of nitrogens with one attached hydrogen (secondary N) is 1. The predicted molar refractivity (Wildman–Crippen MR) is 80.1 cm³/mol. The van der Waals surface area contributed by atoms with E-state index in [0.717, 1.165) is 5.56 Å². The van der Waals surface area contributed by atoms with Crippen LogP contribution >= 0.6 is 0 Å². The van der Waals surface area contributed by atoms with Crippen LogP contribution < -0.4 is 10.5 Å². The molecule has 0 fully saturated rings. The Morgan fingerprint density at radius 3 is 2.76 bits per heavy atom. The van der Waals surface area contributed by atoms with Crippen molar-refractivity contribution >= 4 is 15.9 Å². The first-order valence-electron chi connectivity index (χ1n) is 6.32. The number of hydrogen-bond acceptors (Lipinski definition) is 4. The van der Waals surface area contributed by atoms with E-state index in [1.165, 1.54) is 0 Å². The van der Waals surface area contributed by atoms with E-state index in [1.54, 1.807) is 25.1 Å². The summed E-state index contributed by atoms with van der Waals surface area (Å²) >= 11 is 0. The Balaban J connectivity index is 2.79. The number of rotatable bonds is 5. The number of carbonyl (C=O) groups excluding carboxylic acids is 1. The van der Waals surface area contributed by atoms with E-state index in [4.69, 9.17) is 10.2 Å². The summed E-state index contributed by atoms with van der Waals surface area (Å²) in [5, 5.41) is 16.0. The van der Waals surface area contributed by atoms with Crippen molar-refractivity contribution in [3.05, 3.63) is 34.9 Å². The maximum Gasteiger partial charge on any atom is 0.251 e. The molecule has 4 N–H and O–H groups in total. The average Bonchev–Trinajstić information content (AvgIpc) is 2.39. The molecule has 0 aliphatic carbocycles. The van der Waals surface area contributed by atoms with Crippen LogP contribution in [-0.2, 0) is 10.0 Å². The van der Waals surface area contributed by atoms with E-state index in [9.17, 15) is 13.2 Å². The minimum absolute atomic E-state index is 0.0141. The minimum atomic E-state index is -3.60. The smallest absolute Gasteiger partial charge is 0.251 e. The molecule has 7 heteroatoms. The van der Waals surface area contributed by atoms with Gasteiger partial charge in [-0.25, -0.2) is 13.6 Å². The lowest BCUT2D eigenvalue weighted by molar-refractivity contribution is 0.0955. The lowest BCUT2D eigenvalue weighted by Crippen LogP contribution is -2.31. The van der Waals surface area contributed by atoms with Crippen LogP contribution in [0.1, 0.15) is 27.9 Å². The third-order valence-electron chi connectivity index (χ3n) is 2.62. The van der Waals surface area contributed by atoms with Crippen molar-refractivity contribution in [2.24, 2.45) is 5.14 Å². The number of carbonyl (C=O) groups is 1. The van der Waals surface area contributed by atoms with Crippen molar-refractivity contribution in [1.82, 2.24) is 5.32 Å². The second-order valence-electron chi connectivity index (χ2n) is 4.43. The van der Waals surface area contributed by atoms with Gasteiger partial charge < -0.3 is 10.4 Å². The number of aliphatic hydroxyl groups is 1. The van der Waals surface area contributed by atoms with Crippen LogP contribution in [0.5, 0.6) is 0 Å². The first-order valence-corrected chi connectivity index (χ1v) is 8.04. The van der Waals surface area contributed by atoms with Crippen molar-refractivity contribution in [1.29, 1.82) is 0 Å². The van der Waals surface area contributed by atoms with Crippen LogP contribution in [0.15, 0.2) is 18.2 Å². The number of amides is 1. The monoisotopic (exact) mass is 310 g/mol. The molecule has 0 bridgehead atoms. The number of nitrogens with two attached hydrogens (primary N) is 1. The van der Waals surface area contributed by atoms with Crippen LogP contribution in [0.4, 0.5) is 0 Å². The van der Waals surface area contributed by atoms with Gasteiger partial charge >= 0.3 is 0 Å². The summed E-state index contributed by atoms with van der Waals surface area (Å²) in [4.78, 5) is 12.0. The van der Waals surface area contributed by atoms with Gasteiger partial charge in [-0.1, -0.05) is 17.9 Å². The zero-order valence-electron chi connectivity index (χ0n) is 11.7. The van der Waals surface area contributed by atoms with Gasteiger partial charge in [-0.2, -0.15) is 0 Å². The molecule has 0 saturated carbocycles. The highest BCUT2D eigenvalue weighted by molar-refractivity contribution is 7.89. The maximum atomic E-state index is 12.0. The third kappa shape index (κ3) is 6.40. The summed E-state index contributed by atoms with van der Waals surface area (Å²) < 4.78 is 21.6. The molecule has 1 rings (SSSR count). The van der Waals surface area contributed by atoms with Crippen LogP contribution in [-0.4, -0.2) is 38.3 Å². The van der Waals surface area contributed by atoms with Gasteiger partial charge in [-0.05, 0) is 24.6 Å². The fraction of sp³-hybridized carbons (Fsp3) is 0.357. The van der Waals surface area contributed by atoms with Crippen molar-refractivity contribution < 1.29 is 18.3 Å². The topological polar surface area (TPSA) is 109 Å². The largest absolute Gasteiger partial charge is 0.395 e. The van der Waals surface area contributed by atoms with Crippen LogP contribution in [0, 0.1) is 18.8 Å². The molecule has 0 aliphatic heterocycles. The number of primary sulfonamides is 1. The van der Waals surface area contributed by atoms with Gasteiger partial charge in [-0.3, -0.25) is 4.79 Å². The van der Waals surface area contributed by atoms with Crippen molar-refractivity contribution in [3.8, 4) is 11.8 Å². The first-order chi connectivity index (χ1) is 9.83. The molecule has 114 valence electrons. The van der Waals surface area contributed by atoms with Crippen LogP contribution in [0.2, 0.25) is 0 Å². The van der Waals surface area contributed by atoms with E-state index in [1.807, 2.05) is 0 Å². The lowest BCUT2D eigenvalue weighted by Gasteiger charge is -2.07. The number of benzene rings is 1. The molecular weight excluding hydrogens is 292 g/mol. The number of sulfonamides is 1. The molecular formula is C14H18N2O4S. The molecule has 0 spiro atoms. The summed E-state index contributed by atoms with van der Waals surface area (Å²) in [6, 6.07) is 5.17. The molecule has 0 heterocycles. The lowest BCUT2D eigenvalue weighted by atomic mass is 10.0. The quantitative estimate of drug-likeness (QED) is 0.651. The fourth-order valence-corrected chi connectivity index (χ4v) is 1.95. The van der Waals surface area contributed by atoms with Crippen LogP contribution in [0.3, 0.4) is 0 Å². The summed E-state index contributed by atoms with van der Waals surface area (Å²) in [7, 11) is -3.60. The SMILES string of the molecule is Cc1ccc(C#CCCO)cc1C(=O)NCCS(N)(=O)=O. The van der Waals surface area contributed by atoms with Crippen molar-refractivity contribution in [2.75, 3.05) is 18.9 Å². The summed E-state index contributed by atoms with van der Waals surface area (Å²) in [6.07, 6.45) is 0.365. The minimum Gasteiger partial charge on any atom is -0.395 e. The molecule has 0 aliphatic rings. The first kappa shape index (κ1) is 17.2. The molecule has 0 aromatic heterocycles. The normalized spacial score (nSPS) is 10.6. The van der Waals surface area contributed by atoms with Gasteiger partial charge in [0.2, 0.25) is 10.0 Å².